The molecule has 0 N–H and O–H groups in total. The maximum absolute atomic E-state index is 13.6. The molecule has 0 atom stereocenters. The number of likely N-dealkylation sites (N-methyl/N-ethyl adjacent to an activating group) is 1. The zero-order valence-corrected chi connectivity index (χ0v) is 13.8. The van der Waals surface area contributed by atoms with Gasteiger partial charge in [-0.3, -0.25) is 9.59 Å². The summed E-state index contributed by atoms with van der Waals surface area (Å²) in [6.45, 7) is 1.74. The number of hydrogen-bond acceptors (Lipinski definition) is 3. The van der Waals surface area contributed by atoms with Gasteiger partial charge in [0.05, 0.1) is 6.42 Å². The van der Waals surface area contributed by atoms with Gasteiger partial charge >= 0.3 is 5.97 Å². The Hall–Kier alpha value is -2.69. The smallest absolute Gasteiger partial charge is 0.310 e. The van der Waals surface area contributed by atoms with Crippen molar-refractivity contribution in [1.29, 1.82) is 0 Å². The van der Waals surface area contributed by atoms with Gasteiger partial charge in [0, 0.05) is 19.2 Å². The number of carbonyl (C=O) groups is 2. The molecule has 0 aliphatic carbocycles. The first-order valence-electron chi connectivity index (χ1n) is 7.64. The summed E-state index contributed by atoms with van der Waals surface area (Å²) in [6.07, 6.45) is 0.116. The fourth-order valence-electron chi connectivity index (χ4n) is 2.15. The minimum atomic E-state index is -0.466. The number of esters is 1. The van der Waals surface area contributed by atoms with Crippen molar-refractivity contribution in [2.45, 2.75) is 19.9 Å². The summed E-state index contributed by atoms with van der Waals surface area (Å²) in [5, 5.41) is 0. The van der Waals surface area contributed by atoms with Gasteiger partial charge in [-0.15, -0.1) is 0 Å². The van der Waals surface area contributed by atoms with Crippen LogP contribution < -0.4 is 0 Å². The van der Waals surface area contributed by atoms with Gasteiger partial charge in [-0.1, -0.05) is 48.0 Å². The van der Waals surface area contributed by atoms with E-state index in [4.69, 9.17) is 4.74 Å². The molecular weight excluding hydrogens is 309 g/mol. The van der Waals surface area contributed by atoms with E-state index in [9.17, 15) is 14.0 Å². The van der Waals surface area contributed by atoms with Gasteiger partial charge < -0.3 is 9.64 Å². The van der Waals surface area contributed by atoms with Crippen LogP contribution >= 0.6 is 0 Å². The lowest BCUT2D eigenvalue weighted by Gasteiger charge is -2.17. The van der Waals surface area contributed by atoms with E-state index in [-0.39, 0.29) is 31.3 Å². The van der Waals surface area contributed by atoms with E-state index < -0.39 is 5.97 Å². The first-order valence-corrected chi connectivity index (χ1v) is 7.64. The van der Waals surface area contributed by atoms with Gasteiger partial charge in [-0.05, 0) is 18.6 Å². The van der Waals surface area contributed by atoms with E-state index >= 15 is 0 Å². The van der Waals surface area contributed by atoms with E-state index in [0.717, 1.165) is 11.1 Å². The normalized spacial score (nSPS) is 10.3. The molecule has 1 amide bonds. The average molecular weight is 329 g/mol. The second kappa shape index (κ2) is 8.24. The highest BCUT2D eigenvalue weighted by atomic mass is 19.1. The van der Waals surface area contributed by atoms with Crippen LogP contribution in [0.5, 0.6) is 0 Å². The highest BCUT2D eigenvalue weighted by Gasteiger charge is 2.14. The third-order valence-corrected chi connectivity index (χ3v) is 3.62. The van der Waals surface area contributed by atoms with Crippen molar-refractivity contribution in [1.82, 2.24) is 4.90 Å². The standard InChI is InChI=1S/C19H20FNO3/c1-14-7-9-15(10-8-14)11-19(23)24-13-18(22)21(2)12-16-5-3-4-6-17(16)20/h3-10H,11-13H2,1-2H3. The highest BCUT2D eigenvalue weighted by molar-refractivity contribution is 5.81. The predicted octanol–water partition coefficient (Wildman–Crippen LogP) is 2.88. The molecule has 4 nitrogen and oxygen atoms in total. The molecule has 2 aromatic carbocycles. The van der Waals surface area contributed by atoms with Crippen molar-refractivity contribution >= 4 is 11.9 Å². The molecule has 2 aromatic rings. The van der Waals surface area contributed by atoms with Gasteiger partial charge in [-0.25, -0.2) is 4.39 Å². The SMILES string of the molecule is Cc1ccc(CC(=O)OCC(=O)N(C)Cc2ccccc2F)cc1. The van der Waals surface area contributed by atoms with Crippen molar-refractivity contribution < 1.29 is 18.7 Å². The molecule has 0 aliphatic rings. The first kappa shape index (κ1) is 17.7. The molecule has 24 heavy (non-hydrogen) atoms. The monoisotopic (exact) mass is 329 g/mol. The lowest BCUT2D eigenvalue weighted by molar-refractivity contribution is -0.151. The number of carbonyl (C=O) groups excluding carboxylic acids is 2. The van der Waals surface area contributed by atoms with Crippen LogP contribution in [0.4, 0.5) is 4.39 Å². The minimum Gasteiger partial charge on any atom is -0.455 e. The van der Waals surface area contributed by atoms with Crippen LogP contribution in [0.2, 0.25) is 0 Å². The summed E-state index contributed by atoms with van der Waals surface area (Å²) < 4.78 is 18.6. The molecule has 0 radical (unpaired) electrons. The van der Waals surface area contributed by atoms with Gasteiger partial charge in [-0.2, -0.15) is 0 Å². The molecule has 0 saturated heterocycles. The molecule has 0 aromatic heterocycles. The zero-order valence-electron chi connectivity index (χ0n) is 13.8. The molecule has 126 valence electrons. The molecule has 0 fully saturated rings. The van der Waals surface area contributed by atoms with Crippen LogP contribution in [0.25, 0.3) is 0 Å². The maximum atomic E-state index is 13.6. The Kier molecular flexibility index (Phi) is 6.07. The quantitative estimate of drug-likeness (QED) is 0.766. The van der Waals surface area contributed by atoms with Crippen LogP contribution in [-0.4, -0.2) is 30.4 Å². The fourth-order valence-corrected chi connectivity index (χ4v) is 2.15. The minimum absolute atomic E-state index is 0.116. The summed E-state index contributed by atoms with van der Waals surface area (Å²) in [6, 6.07) is 13.8. The van der Waals surface area contributed by atoms with E-state index in [2.05, 4.69) is 0 Å². The van der Waals surface area contributed by atoms with Crippen molar-refractivity contribution in [3.63, 3.8) is 0 Å². The lowest BCUT2D eigenvalue weighted by Crippen LogP contribution is -2.31. The molecule has 2 rings (SSSR count). The number of hydrogen-bond donors (Lipinski definition) is 0. The number of halogens is 1. The third kappa shape index (κ3) is 5.19. The molecule has 0 unspecified atom stereocenters. The highest BCUT2D eigenvalue weighted by Crippen LogP contribution is 2.09. The van der Waals surface area contributed by atoms with E-state index in [0.29, 0.717) is 5.56 Å². The van der Waals surface area contributed by atoms with Crippen LogP contribution in [-0.2, 0) is 27.3 Å². The average Bonchev–Trinajstić information content (AvgIpc) is 2.56. The topological polar surface area (TPSA) is 46.6 Å². The molecule has 0 saturated carbocycles. The van der Waals surface area contributed by atoms with E-state index in [1.165, 1.54) is 11.0 Å². The van der Waals surface area contributed by atoms with Gasteiger partial charge in [0.15, 0.2) is 6.61 Å². The molecule has 0 bridgehead atoms. The number of rotatable bonds is 6. The molecule has 0 aliphatic heterocycles. The van der Waals surface area contributed by atoms with Crippen LogP contribution in [0, 0.1) is 12.7 Å². The Bertz CT molecular complexity index is 713. The number of aryl methyl sites for hydroxylation is 1. The largest absolute Gasteiger partial charge is 0.455 e. The Morgan fingerprint density at radius 2 is 1.75 bits per heavy atom. The molecular formula is C19H20FNO3. The zero-order chi connectivity index (χ0) is 17.5. The van der Waals surface area contributed by atoms with Crippen LogP contribution in [0.15, 0.2) is 48.5 Å². The Morgan fingerprint density at radius 3 is 2.42 bits per heavy atom. The first-order chi connectivity index (χ1) is 11.5. The predicted molar refractivity (Wildman–Crippen MR) is 88.7 cm³/mol. The molecule has 0 heterocycles. The third-order valence-electron chi connectivity index (χ3n) is 3.62. The van der Waals surface area contributed by atoms with Crippen molar-refractivity contribution in [3.8, 4) is 0 Å². The van der Waals surface area contributed by atoms with Crippen LogP contribution in [0.1, 0.15) is 16.7 Å². The number of benzene rings is 2. The van der Waals surface area contributed by atoms with E-state index in [1.54, 1.807) is 25.2 Å². The van der Waals surface area contributed by atoms with Gasteiger partial charge in [0.1, 0.15) is 5.82 Å². The summed E-state index contributed by atoms with van der Waals surface area (Å²) >= 11 is 0. The number of amides is 1. The summed E-state index contributed by atoms with van der Waals surface area (Å²) in [4.78, 5) is 25.1. The van der Waals surface area contributed by atoms with Crippen molar-refractivity contribution in [2.24, 2.45) is 0 Å². The van der Waals surface area contributed by atoms with Crippen LogP contribution in [0.3, 0.4) is 0 Å². The molecule has 0 spiro atoms. The summed E-state index contributed by atoms with van der Waals surface area (Å²) in [7, 11) is 1.54. The van der Waals surface area contributed by atoms with Gasteiger partial charge in [0.2, 0.25) is 0 Å². The van der Waals surface area contributed by atoms with Crippen molar-refractivity contribution in [3.05, 3.63) is 71.0 Å². The second-order valence-corrected chi connectivity index (χ2v) is 5.66. The maximum Gasteiger partial charge on any atom is 0.310 e. The Labute approximate surface area is 140 Å². The lowest BCUT2D eigenvalue weighted by atomic mass is 10.1. The molecule has 5 heteroatoms. The van der Waals surface area contributed by atoms with E-state index in [1.807, 2.05) is 31.2 Å². The van der Waals surface area contributed by atoms with Crippen molar-refractivity contribution in [2.75, 3.05) is 13.7 Å². The Morgan fingerprint density at radius 1 is 1.08 bits per heavy atom. The Balaban J connectivity index is 1.80. The summed E-state index contributed by atoms with van der Waals surface area (Å²) in [5.41, 5.74) is 2.36. The number of ether oxygens (including phenoxy) is 1. The number of nitrogens with zero attached hydrogens (tertiary/aromatic N) is 1. The summed E-state index contributed by atoms with van der Waals surface area (Å²) in [5.74, 6) is -1.21. The fraction of sp³-hybridized carbons (Fsp3) is 0.263. The van der Waals surface area contributed by atoms with Gasteiger partial charge in [0.25, 0.3) is 5.91 Å². The second-order valence-electron chi connectivity index (χ2n) is 5.66.